The Bertz CT molecular complexity index is 380. The van der Waals surface area contributed by atoms with Crippen molar-refractivity contribution in [1.29, 1.82) is 0 Å². The first-order chi connectivity index (χ1) is 6.44. The van der Waals surface area contributed by atoms with Gasteiger partial charge in [-0.05, 0) is 19.9 Å². The van der Waals surface area contributed by atoms with E-state index >= 15 is 0 Å². The number of hydrogen-bond acceptors (Lipinski definition) is 2. The summed E-state index contributed by atoms with van der Waals surface area (Å²) in [5.74, 6) is 3.13. The summed E-state index contributed by atoms with van der Waals surface area (Å²) in [4.78, 5) is 4.04. The molecule has 0 amide bonds. The average Bonchev–Trinajstić information content (AvgIpc) is 2.10. The van der Waals surface area contributed by atoms with Crippen molar-refractivity contribution in [1.82, 2.24) is 4.98 Å². The summed E-state index contributed by atoms with van der Waals surface area (Å²) in [6.07, 6.45) is 6.84. The predicted octanol–water partition coefficient (Wildman–Crippen LogP) is 3.21. The van der Waals surface area contributed by atoms with E-state index in [2.05, 4.69) is 16.2 Å². The van der Waals surface area contributed by atoms with Gasteiger partial charge in [0.25, 0.3) is 0 Å². The van der Waals surface area contributed by atoms with Crippen LogP contribution in [0.25, 0.3) is 0 Å². The third-order valence-corrected chi connectivity index (χ3v) is 2.09. The number of terminal acetylenes is 1. The van der Waals surface area contributed by atoms with E-state index in [1.165, 1.54) is 6.20 Å². The van der Waals surface area contributed by atoms with Crippen molar-refractivity contribution in [2.45, 2.75) is 19.4 Å². The molecule has 14 heavy (non-hydrogen) atoms. The molecular weight excluding hydrogens is 219 g/mol. The van der Waals surface area contributed by atoms with Crippen LogP contribution < -0.4 is 5.32 Å². The highest BCUT2D eigenvalue weighted by Crippen LogP contribution is 2.24. The van der Waals surface area contributed by atoms with Gasteiger partial charge in [0.15, 0.2) is 0 Å². The van der Waals surface area contributed by atoms with Crippen molar-refractivity contribution in [3.63, 3.8) is 0 Å². The molecule has 0 radical (unpaired) electrons. The highest BCUT2D eigenvalue weighted by Gasteiger charge is 2.15. The van der Waals surface area contributed by atoms with Gasteiger partial charge in [0.2, 0.25) is 0 Å². The van der Waals surface area contributed by atoms with E-state index in [9.17, 15) is 0 Å². The minimum Gasteiger partial charge on any atom is -0.353 e. The number of pyridine rings is 1. The van der Waals surface area contributed by atoms with E-state index < -0.39 is 5.54 Å². The Kier molecular flexibility index (Phi) is 3.25. The quantitative estimate of drug-likeness (QED) is 0.787. The molecule has 1 rings (SSSR count). The monoisotopic (exact) mass is 228 g/mol. The maximum atomic E-state index is 5.91. The lowest BCUT2D eigenvalue weighted by Gasteiger charge is -2.20. The topological polar surface area (TPSA) is 24.9 Å². The van der Waals surface area contributed by atoms with Crippen LogP contribution in [0.1, 0.15) is 13.8 Å². The van der Waals surface area contributed by atoms with E-state index in [1.807, 2.05) is 13.8 Å². The lowest BCUT2D eigenvalue weighted by atomic mass is 10.1. The predicted molar refractivity (Wildman–Crippen MR) is 60.8 cm³/mol. The number of nitrogens with one attached hydrogen (secondary N) is 1. The van der Waals surface area contributed by atoms with Crippen LogP contribution in [0, 0.1) is 12.3 Å². The fourth-order valence-corrected chi connectivity index (χ4v) is 1.27. The van der Waals surface area contributed by atoms with Crippen LogP contribution in [0.4, 0.5) is 5.82 Å². The van der Waals surface area contributed by atoms with Crippen molar-refractivity contribution in [3.8, 4) is 12.3 Å². The molecule has 74 valence electrons. The van der Waals surface area contributed by atoms with Gasteiger partial charge >= 0.3 is 0 Å². The first-order valence-electron chi connectivity index (χ1n) is 4.01. The number of anilines is 1. The van der Waals surface area contributed by atoms with Crippen molar-refractivity contribution in [2.24, 2.45) is 0 Å². The molecule has 0 aromatic carbocycles. The third kappa shape index (κ3) is 2.80. The van der Waals surface area contributed by atoms with Gasteiger partial charge < -0.3 is 5.32 Å². The van der Waals surface area contributed by atoms with Crippen molar-refractivity contribution >= 4 is 29.0 Å². The highest BCUT2D eigenvalue weighted by atomic mass is 35.5. The molecule has 0 atom stereocenters. The molecule has 0 bridgehead atoms. The Morgan fingerprint density at radius 3 is 2.64 bits per heavy atom. The summed E-state index contributed by atoms with van der Waals surface area (Å²) in [6, 6.07) is 1.62. The molecule has 1 aromatic rings. The molecule has 0 spiro atoms. The zero-order valence-corrected chi connectivity index (χ0v) is 9.45. The summed E-state index contributed by atoms with van der Waals surface area (Å²) in [7, 11) is 0. The Morgan fingerprint density at radius 1 is 1.50 bits per heavy atom. The zero-order valence-electron chi connectivity index (χ0n) is 7.94. The second kappa shape index (κ2) is 4.08. The summed E-state index contributed by atoms with van der Waals surface area (Å²) in [5.41, 5.74) is -0.482. The van der Waals surface area contributed by atoms with Crippen LogP contribution in [0.2, 0.25) is 10.0 Å². The molecule has 4 heteroatoms. The minimum absolute atomic E-state index is 0.459. The third-order valence-electron chi connectivity index (χ3n) is 1.60. The zero-order chi connectivity index (χ0) is 10.8. The maximum Gasteiger partial charge on any atom is 0.146 e. The number of aromatic nitrogens is 1. The van der Waals surface area contributed by atoms with Crippen LogP contribution in [0.15, 0.2) is 12.3 Å². The number of halogens is 2. The Morgan fingerprint density at radius 2 is 2.14 bits per heavy atom. The fraction of sp³-hybridized carbons (Fsp3) is 0.300. The van der Waals surface area contributed by atoms with E-state index in [0.717, 1.165) is 0 Å². The Balaban J connectivity index is 2.94. The van der Waals surface area contributed by atoms with Crippen LogP contribution in [0.3, 0.4) is 0 Å². The first kappa shape index (κ1) is 11.2. The minimum atomic E-state index is -0.482. The first-order valence-corrected chi connectivity index (χ1v) is 4.77. The standard InChI is InChI=1S/C10H10Cl2N2/c1-4-10(2,3)14-9-8(12)5-7(11)6-13-9/h1,5-6H,2-3H3,(H,13,14). The van der Waals surface area contributed by atoms with E-state index in [1.54, 1.807) is 6.07 Å². The summed E-state index contributed by atoms with van der Waals surface area (Å²) < 4.78 is 0. The normalized spacial score (nSPS) is 10.8. The molecule has 1 aromatic heterocycles. The van der Waals surface area contributed by atoms with E-state index in [0.29, 0.717) is 15.9 Å². The number of rotatable bonds is 2. The fourth-order valence-electron chi connectivity index (χ4n) is 0.839. The molecule has 0 aliphatic heterocycles. The summed E-state index contributed by atoms with van der Waals surface area (Å²) in [6.45, 7) is 3.72. The van der Waals surface area contributed by atoms with Crippen molar-refractivity contribution < 1.29 is 0 Å². The molecule has 1 N–H and O–H groups in total. The molecule has 0 saturated carbocycles. The lowest BCUT2D eigenvalue weighted by Crippen LogP contribution is -2.29. The molecular formula is C10H10Cl2N2. The van der Waals surface area contributed by atoms with Crippen LogP contribution in [-0.2, 0) is 0 Å². The Labute approximate surface area is 93.6 Å². The summed E-state index contributed by atoms with van der Waals surface area (Å²) in [5, 5.41) is 3.98. The second-order valence-corrected chi connectivity index (χ2v) is 4.22. The van der Waals surface area contributed by atoms with Gasteiger partial charge in [-0.3, -0.25) is 0 Å². The molecule has 0 aliphatic carbocycles. The molecule has 0 saturated heterocycles. The van der Waals surface area contributed by atoms with Gasteiger partial charge in [0.05, 0.1) is 15.6 Å². The number of nitrogens with zero attached hydrogens (tertiary/aromatic N) is 1. The van der Waals surface area contributed by atoms with Gasteiger partial charge in [-0.15, -0.1) is 6.42 Å². The molecule has 0 unspecified atom stereocenters. The lowest BCUT2D eigenvalue weighted by molar-refractivity contribution is 0.736. The van der Waals surface area contributed by atoms with Gasteiger partial charge in [0, 0.05) is 6.20 Å². The average molecular weight is 229 g/mol. The van der Waals surface area contributed by atoms with Crippen molar-refractivity contribution in [3.05, 3.63) is 22.3 Å². The van der Waals surface area contributed by atoms with Crippen LogP contribution in [-0.4, -0.2) is 10.5 Å². The van der Waals surface area contributed by atoms with Gasteiger partial charge in [-0.25, -0.2) is 4.98 Å². The van der Waals surface area contributed by atoms with Gasteiger partial charge in [-0.1, -0.05) is 29.1 Å². The summed E-state index contributed by atoms with van der Waals surface area (Å²) >= 11 is 11.6. The van der Waals surface area contributed by atoms with Gasteiger partial charge in [-0.2, -0.15) is 0 Å². The maximum absolute atomic E-state index is 5.91. The van der Waals surface area contributed by atoms with Gasteiger partial charge in [0.1, 0.15) is 5.82 Å². The molecule has 1 heterocycles. The van der Waals surface area contributed by atoms with E-state index in [-0.39, 0.29) is 0 Å². The van der Waals surface area contributed by atoms with E-state index in [4.69, 9.17) is 29.6 Å². The van der Waals surface area contributed by atoms with Crippen molar-refractivity contribution in [2.75, 3.05) is 5.32 Å². The molecule has 0 fully saturated rings. The van der Waals surface area contributed by atoms with Crippen LogP contribution >= 0.6 is 23.2 Å². The second-order valence-electron chi connectivity index (χ2n) is 3.38. The number of hydrogen-bond donors (Lipinski definition) is 1. The highest BCUT2D eigenvalue weighted by molar-refractivity contribution is 6.35. The van der Waals surface area contributed by atoms with Crippen LogP contribution in [0.5, 0.6) is 0 Å². The largest absolute Gasteiger partial charge is 0.353 e. The SMILES string of the molecule is C#CC(C)(C)Nc1ncc(Cl)cc1Cl. The molecule has 2 nitrogen and oxygen atoms in total. The molecule has 0 aliphatic rings. The smallest absolute Gasteiger partial charge is 0.146 e. The Hall–Kier alpha value is -0.910.